The second-order valence-electron chi connectivity index (χ2n) is 1.79. The van der Waals surface area contributed by atoms with Crippen LogP contribution in [0.25, 0.3) is 0 Å². The van der Waals surface area contributed by atoms with Crippen LogP contribution in [0.4, 0.5) is 0 Å². The molecule has 0 fully saturated rings. The van der Waals surface area contributed by atoms with Crippen LogP contribution in [0, 0.1) is 0 Å². The zero-order chi connectivity index (χ0) is 6.41. The van der Waals surface area contributed by atoms with Gasteiger partial charge in [-0.05, 0) is 13.3 Å². The molecule has 0 saturated carbocycles. The first-order valence-electron chi connectivity index (χ1n) is 2.77. The molecule has 0 heterocycles. The summed E-state index contributed by atoms with van der Waals surface area (Å²) in [5.41, 5.74) is 2.55. The third-order valence-electron chi connectivity index (χ3n) is 1.10. The van der Waals surface area contributed by atoms with Gasteiger partial charge in [0.15, 0.2) is 0 Å². The van der Waals surface area contributed by atoms with Gasteiger partial charge in [-0.25, -0.2) is 0 Å². The molecule has 3 N–H and O–H groups in total. The zero-order valence-electron chi connectivity index (χ0n) is 5.48. The number of methoxy groups -OCH3 is 1. The van der Waals surface area contributed by atoms with Crippen molar-refractivity contribution in [3.05, 3.63) is 0 Å². The maximum Gasteiger partial charge on any atom is 0.0555 e. The number of hydrazine groups is 1. The molecule has 0 bridgehead atoms. The molecular weight excluding hydrogens is 116 g/mol. The number of ether oxygens (including phenoxy) is 1. The normalized spacial score (nSPS) is 12.3. The molecule has 1 unspecified atom stereocenters. The first-order valence-corrected chi connectivity index (χ1v) is 2.77. The summed E-state index contributed by atoms with van der Waals surface area (Å²) in [5, 5.41) is 0. The summed E-state index contributed by atoms with van der Waals surface area (Å²) in [6.07, 6.45) is 1.28. The van der Waals surface area contributed by atoms with E-state index >= 15 is 0 Å². The second kappa shape index (κ2) is 7.88. The molecular formula is C6H18N2O. The van der Waals surface area contributed by atoms with E-state index in [1.807, 2.05) is 6.92 Å². The third-order valence-corrected chi connectivity index (χ3v) is 1.10. The van der Waals surface area contributed by atoms with Gasteiger partial charge in [0, 0.05) is 13.7 Å². The first-order chi connectivity index (χ1) is 3.81. The highest BCUT2D eigenvalue weighted by Crippen LogP contribution is 1.90. The van der Waals surface area contributed by atoms with Crippen LogP contribution < -0.4 is 11.3 Å². The first kappa shape index (κ1) is 11.6. The van der Waals surface area contributed by atoms with E-state index in [1.165, 1.54) is 0 Å². The van der Waals surface area contributed by atoms with Gasteiger partial charge in [-0.3, -0.25) is 11.3 Å². The van der Waals surface area contributed by atoms with Crippen LogP contribution in [-0.4, -0.2) is 19.8 Å². The van der Waals surface area contributed by atoms with Gasteiger partial charge in [-0.2, -0.15) is 0 Å². The van der Waals surface area contributed by atoms with Crippen molar-refractivity contribution in [1.82, 2.24) is 5.43 Å². The lowest BCUT2D eigenvalue weighted by Gasteiger charge is -2.06. The van der Waals surface area contributed by atoms with E-state index in [-0.39, 0.29) is 7.43 Å². The van der Waals surface area contributed by atoms with Gasteiger partial charge in [-0.15, -0.1) is 0 Å². The quantitative estimate of drug-likeness (QED) is 0.435. The van der Waals surface area contributed by atoms with Crippen molar-refractivity contribution in [3.63, 3.8) is 0 Å². The Balaban J connectivity index is 0. The van der Waals surface area contributed by atoms with E-state index in [0.717, 1.165) is 13.0 Å². The van der Waals surface area contributed by atoms with Crippen molar-refractivity contribution in [2.24, 2.45) is 5.84 Å². The molecule has 0 aromatic carbocycles. The van der Waals surface area contributed by atoms with Gasteiger partial charge in [-0.1, -0.05) is 7.43 Å². The van der Waals surface area contributed by atoms with E-state index < -0.39 is 0 Å². The minimum Gasteiger partial charge on any atom is -0.382 e. The lowest BCUT2D eigenvalue weighted by Crippen LogP contribution is -2.25. The Morgan fingerprint density at radius 3 is 2.56 bits per heavy atom. The van der Waals surface area contributed by atoms with E-state index in [2.05, 4.69) is 5.43 Å². The van der Waals surface area contributed by atoms with Gasteiger partial charge >= 0.3 is 0 Å². The standard InChI is InChI=1S/C5H14N2O.CH4/c1-5(8-2)3-4-7-6;/h5,7H,3-4,6H2,1-2H3;1H4. The number of rotatable bonds is 4. The average molecular weight is 134 g/mol. The molecule has 0 aromatic heterocycles. The largest absolute Gasteiger partial charge is 0.382 e. The fourth-order valence-electron chi connectivity index (χ4n) is 0.404. The van der Waals surface area contributed by atoms with Crippen molar-refractivity contribution in [1.29, 1.82) is 0 Å². The maximum absolute atomic E-state index is 5.03. The Morgan fingerprint density at radius 1 is 1.67 bits per heavy atom. The molecule has 0 spiro atoms. The molecule has 0 aliphatic carbocycles. The minimum absolute atomic E-state index is 0. The van der Waals surface area contributed by atoms with Gasteiger partial charge in [0.1, 0.15) is 0 Å². The summed E-state index contributed by atoms with van der Waals surface area (Å²) >= 11 is 0. The molecule has 9 heavy (non-hydrogen) atoms. The summed E-state index contributed by atoms with van der Waals surface area (Å²) in [4.78, 5) is 0. The van der Waals surface area contributed by atoms with Crippen LogP contribution >= 0.6 is 0 Å². The molecule has 1 atom stereocenters. The lowest BCUT2D eigenvalue weighted by atomic mass is 10.3. The van der Waals surface area contributed by atoms with Crippen molar-refractivity contribution in [3.8, 4) is 0 Å². The van der Waals surface area contributed by atoms with E-state index in [1.54, 1.807) is 7.11 Å². The lowest BCUT2D eigenvalue weighted by molar-refractivity contribution is 0.111. The van der Waals surface area contributed by atoms with Crippen LogP contribution in [0.15, 0.2) is 0 Å². The smallest absolute Gasteiger partial charge is 0.0555 e. The third kappa shape index (κ3) is 7.88. The fourth-order valence-corrected chi connectivity index (χ4v) is 0.404. The van der Waals surface area contributed by atoms with Crippen LogP contribution in [0.5, 0.6) is 0 Å². The minimum atomic E-state index is 0. The zero-order valence-corrected chi connectivity index (χ0v) is 5.48. The molecule has 0 aromatic rings. The van der Waals surface area contributed by atoms with Gasteiger partial charge < -0.3 is 4.74 Å². The molecule has 0 saturated heterocycles. The molecule has 0 radical (unpaired) electrons. The van der Waals surface area contributed by atoms with Gasteiger partial charge in [0.25, 0.3) is 0 Å². The number of nitrogens with two attached hydrogens (primary N) is 1. The highest BCUT2D eigenvalue weighted by molar-refractivity contribution is 4.48. The average Bonchev–Trinajstić information content (AvgIpc) is 1.83. The Morgan fingerprint density at radius 2 is 2.22 bits per heavy atom. The fraction of sp³-hybridized carbons (Fsp3) is 1.00. The Bertz CT molecular complexity index is 50.3. The molecule has 0 aliphatic rings. The van der Waals surface area contributed by atoms with Crippen LogP contribution in [0.3, 0.4) is 0 Å². The Labute approximate surface area is 57.5 Å². The van der Waals surface area contributed by atoms with Crippen LogP contribution in [0.1, 0.15) is 20.8 Å². The Kier molecular flexibility index (Phi) is 10.2. The molecule has 58 valence electrons. The molecule has 0 rings (SSSR count). The Hall–Kier alpha value is -0.120. The summed E-state index contributed by atoms with van der Waals surface area (Å²) in [5.74, 6) is 5.03. The second-order valence-corrected chi connectivity index (χ2v) is 1.79. The van der Waals surface area contributed by atoms with Crippen molar-refractivity contribution < 1.29 is 4.74 Å². The molecule has 0 aliphatic heterocycles. The maximum atomic E-state index is 5.03. The van der Waals surface area contributed by atoms with Gasteiger partial charge in [0.2, 0.25) is 0 Å². The summed E-state index contributed by atoms with van der Waals surface area (Å²) in [6.45, 7) is 2.83. The van der Waals surface area contributed by atoms with Crippen molar-refractivity contribution in [2.45, 2.75) is 26.9 Å². The summed E-state index contributed by atoms with van der Waals surface area (Å²) in [7, 11) is 1.70. The molecule has 0 amide bonds. The SMILES string of the molecule is C.COC(C)CCNN. The van der Waals surface area contributed by atoms with Crippen LogP contribution in [-0.2, 0) is 4.74 Å². The summed E-state index contributed by atoms with van der Waals surface area (Å²) < 4.78 is 4.96. The van der Waals surface area contributed by atoms with E-state index in [0.29, 0.717) is 6.10 Å². The van der Waals surface area contributed by atoms with Gasteiger partial charge in [0.05, 0.1) is 6.10 Å². The number of nitrogens with one attached hydrogen (secondary N) is 1. The topological polar surface area (TPSA) is 47.3 Å². The van der Waals surface area contributed by atoms with Crippen LogP contribution in [0.2, 0.25) is 0 Å². The predicted molar refractivity (Wildman–Crippen MR) is 40.0 cm³/mol. The van der Waals surface area contributed by atoms with E-state index in [9.17, 15) is 0 Å². The number of hydrogen-bond donors (Lipinski definition) is 2. The van der Waals surface area contributed by atoms with Crippen molar-refractivity contribution in [2.75, 3.05) is 13.7 Å². The predicted octanol–water partition coefficient (Wildman–Crippen LogP) is 0.511. The highest BCUT2D eigenvalue weighted by Gasteiger charge is 1.94. The molecule has 3 nitrogen and oxygen atoms in total. The number of hydrogen-bond acceptors (Lipinski definition) is 3. The molecule has 3 heteroatoms. The monoisotopic (exact) mass is 134 g/mol. The summed E-state index contributed by atoms with van der Waals surface area (Å²) in [6, 6.07) is 0. The highest BCUT2D eigenvalue weighted by atomic mass is 16.5. The van der Waals surface area contributed by atoms with Crippen molar-refractivity contribution >= 4 is 0 Å². The van der Waals surface area contributed by atoms with E-state index in [4.69, 9.17) is 10.6 Å².